The maximum Gasteiger partial charge on any atom is 0.321 e. The molecule has 0 amide bonds. The smallest absolute Gasteiger partial charge is 0.321 e. The molecule has 7 heteroatoms. The number of aliphatic carboxylic acids is 1. The first kappa shape index (κ1) is 15.7. The van der Waals surface area contributed by atoms with E-state index in [1.807, 2.05) is 0 Å². The lowest BCUT2D eigenvalue weighted by atomic mass is 10.1. The van der Waals surface area contributed by atoms with E-state index < -0.39 is 22.0 Å². The molecule has 0 bridgehead atoms. The topological polar surface area (TPSA) is 101 Å². The molecule has 0 heterocycles. The summed E-state index contributed by atoms with van der Waals surface area (Å²) < 4.78 is 26.3. The third kappa shape index (κ3) is 3.68. The van der Waals surface area contributed by atoms with Gasteiger partial charge in [0.1, 0.15) is 6.04 Å². The first-order valence-corrected chi connectivity index (χ1v) is 8.23. The minimum atomic E-state index is -3.91. The Kier molecular flexibility index (Phi) is 4.43. The SMILES string of the molecule is CCC(NS(=O)(=O)c1ccc(C(=O)C2CC2)cc1)C(=O)O. The van der Waals surface area contributed by atoms with Crippen LogP contribution in [0, 0.1) is 5.92 Å². The average Bonchev–Trinajstić information content (AvgIpc) is 3.28. The summed E-state index contributed by atoms with van der Waals surface area (Å²) in [5.74, 6) is -1.12. The number of nitrogens with one attached hydrogen (secondary N) is 1. The summed E-state index contributed by atoms with van der Waals surface area (Å²) in [5, 5.41) is 8.90. The molecule has 1 aromatic carbocycles. The number of rotatable bonds is 7. The molecule has 0 aromatic heterocycles. The van der Waals surface area contributed by atoms with Crippen LogP contribution in [-0.2, 0) is 14.8 Å². The number of benzene rings is 1. The highest BCUT2D eigenvalue weighted by molar-refractivity contribution is 7.89. The van der Waals surface area contributed by atoms with Crippen LogP contribution < -0.4 is 4.72 Å². The fourth-order valence-electron chi connectivity index (χ4n) is 1.94. The van der Waals surface area contributed by atoms with Gasteiger partial charge in [0.25, 0.3) is 0 Å². The number of carbonyl (C=O) groups is 2. The van der Waals surface area contributed by atoms with Crippen molar-refractivity contribution in [3.63, 3.8) is 0 Å². The minimum absolute atomic E-state index is 0.0314. The number of carbonyl (C=O) groups excluding carboxylic acids is 1. The molecule has 21 heavy (non-hydrogen) atoms. The van der Waals surface area contributed by atoms with Gasteiger partial charge in [-0.05, 0) is 31.4 Å². The average molecular weight is 311 g/mol. The Bertz CT molecular complexity index is 646. The molecule has 0 saturated heterocycles. The van der Waals surface area contributed by atoms with Gasteiger partial charge in [-0.25, -0.2) is 8.42 Å². The lowest BCUT2D eigenvalue weighted by Gasteiger charge is -2.13. The van der Waals surface area contributed by atoms with Crippen LogP contribution in [0.2, 0.25) is 0 Å². The van der Waals surface area contributed by atoms with Crippen molar-refractivity contribution in [2.24, 2.45) is 5.92 Å². The van der Waals surface area contributed by atoms with Crippen LogP contribution >= 0.6 is 0 Å². The summed E-state index contributed by atoms with van der Waals surface area (Å²) in [6.07, 6.45) is 1.92. The predicted octanol–water partition coefficient (Wildman–Crippen LogP) is 1.42. The lowest BCUT2D eigenvalue weighted by molar-refractivity contribution is -0.139. The summed E-state index contributed by atoms with van der Waals surface area (Å²) in [6, 6.07) is 4.43. The van der Waals surface area contributed by atoms with Crippen molar-refractivity contribution in [2.75, 3.05) is 0 Å². The van der Waals surface area contributed by atoms with E-state index in [1.165, 1.54) is 24.3 Å². The van der Waals surface area contributed by atoms with Crippen molar-refractivity contribution in [1.82, 2.24) is 4.72 Å². The van der Waals surface area contributed by atoms with Crippen LogP contribution in [0.3, 0.4) is 0 Å². The molecule has 0 aliphatic heterocycles. The second-order valence-electron chi connectivity index (χ2n) is 5.08. The molecule has 1 aliphatic rings. The fourth-order valence-corrected chi connectivity index (χ4v) is 3.22. The number of Topliss-reactive ketones (excluding diaryl/α,β-unsaturated/α-hetero) is 1. The molecule has 1 aliphatic carbocycles. The molecule has 1 fully saturated rings. The number of hydrogen-bond acceptors (Lipinski definition) is 4. The molecular weight excluding hydrogens is 294 g/mol. The van der Waals surface area contributed by atoms with Crippen LogP contribution in [0.5, 0.6) is 0 Å². The molecule has 1 aromatic rings. The summed E-state index contributed by atoms with van der Waals surface area (Å²) in [6.45, 7) is 1.58. The fraction of sp³-hybridized carbons (Fsp3) is 0.429. The van der Waals surface area contributed by atoms with Crippen LogP contribution in [0.25, 0.3) is 0 Å². The maximum atomic E-state index is 12.1. The van der Waals surface area contributed by atoms with Gasteiger partial charge in [0, 0.05) is 11.5 Å². The number of carboxylic acid groups (broad SMARTS) is 1. The number of hydrogen-bond donors (Lipinski definition) is 2. The summed E-state index contributed by atoms with van der Waals surface area (Å²) in [7, 11) is -3.91. The van der Waals surface area contributed by atoms with E-state index in [4.69, 9.17) is 5.11 Å². The second-order valence-corrected chi connectivity index (χ2v) is 6.80. The van der Waals surface area contributed by atoms with Gasteiger partial charge in [-0.1, -0.05) is 19.1 Å². The normalized spacial score (nSPS) is 16.4. The van der Waals surface area contributed by atoms with E-state index in [0.717, 1.165) is 12.8 Å². The van der Waals surface area contributed by atoms with Gasteiger partial charge in [0.05, 0.1) is 4.90 Å². The van der Waals surface area contributed by atoms with Crippen molar-refractivity contribution in [3.05, 3.63) is 29.8 Å². The van der Waals surface area contributed by atoms with Crippen molar-refractivity contribution < 1.29 is 23.1 Å². The Morgan fingerprint density at radius 1 is 1.29 bits per heavy atom. The summed E-state index contributed by atoms with van der Waals surface area (Å²) in [4.78, 5) is 22.7. The van der Waals surface area contributed by atoms with E-state index in [9.17, 15) is 18.0 Å². The number of carboxylic acids is 1. The standard InChI is InChI=1S/C14H17NO5S/c1-2-12(14(17)18)15-21(19,20)11-7-5-10(6-8-11)13(16)9-3-4-9/h5-9,12,15H,2-4H2,1H3,(H,17,18). The van der Waals surface area contributed by atoms with E-state index in [1.54, 1.807) is 6.92 Å². The zero-order valence-corrected chi connectivity index (χ0v) is 12.4. The molecule has 0 spiro atoms. The van der Waals surface area contributed by atoms with Gasteiger partial charge in [-0.3, -0.25) is 9.59 Å². The second kappa shape index (κ2) is 5.95. The van der Waals surface area contributed by atoms with Crippen LogP contribution in [-0.4, -0.2) is 31.3 Å². The van der Waals surface area contributed by atoms with E-state index in [2.05, 4.69) is 4.72 Å². The van der Waals surface area contributed by atoms with Crippen molar-refractivity contribution in [1.29, 1.82) is 0 Å². The monoisotopic (exact) mass is 311 g/mol. The Morgan fingerprint density at radius 3 is 2.29 bits per heavy atom. The molecular formula is C14H17NO5S. The van der Waals surface area contributed by atoms with Gasteiger partial charge in [0.2, 0.25) is 10.0 Å². The van der Waals surface area contributed by atoms with E-state index in [-0.39, 0.29) is 23.0 Å². The third-order valence-corrected chi connectivity index (χ3v) is 4.89. The summed E-state index contributed by atoms with van der Waals surface area (Å²) in [5.41, 5.74) is 0.488. The highest BCUT2D eigenvalue weighted by Crippen LogP contribution is 2.32. The predicted molar refractivity (Wildman–Crippen MR) is 75.5 cm³/mol. The van der Waals surface area contributed by atoms with Gasteiger partial charge in [-0.15, -0.1) is 0 Å². The Hall–Kier alpha value is -1.73. The molecule has 1 atom stereocenters. The molecule has 0 radical (unpaired) electrons. The quantitative estimate of drug-likeness (QED) is 0.742. The molecule has 114 valence electrons. The number of sulfonamides is 1. The first-order valence-electron chi connectivity index (χ1n) is 6.74. The van der Waals surface area contributed by atoms with Crippen LogP contribution in [0.15, 0.2) is 29.2 Å². The molecule has 2 rings (SSSR count). The molecule has 6 nitrogen and oxygen atoms in total. The molecule has 1 saturated carbocycles. The molecule has 2 N–H and O–H groups in total. The van der Waals surface area contributed by atoms with E-state index >= 15 is 0 Å². The van der Waals surface area contributed by atoms with Gasteiger partial charge >= 0.3 is 5.97 Å². The zero-order valence-electron chi connectivity index (χ0n) is 11.6. The zero-order chi connectivity index (χ0) is 15.6. The van der Waals surface area contributed by atoms with Crippen LogP contribution in [0.1, 0.15) is 36.5 Å². The highest BCUT2D eigenvalue weighted by Gasteiger charge is 2.30. The molecule has 1 unspecified atom stereocenters. The van der Waals surface area contributed by atoms with Gasteiger partial charge in [-0.2, -0.15) is 4.72 Å². The van der Waals surface area contributed by atoms with Crippen molar-refractivity contribution in [3.8, 4) is 0 Å². The Balaban J connectivity index is 2.16. The minimum Gasteiger partial charge on any atom is -0.480 e. The van der Waals surface area contributed by atoms with Gasteiger partial charge < -0.3 is 5.11 Å². The van der Waals surface area contributed by atoms with E-state index in [0.29, 0.717) is 5.56 Å². The first-order chi connectivity index (χ1) is 9.85. The maximum absolute atomic E-state index is 12.1. The number of ketones is 1. The lowest BCUT2D eigenvalue weighted by Crippen LogP contribution is -2.40. The Morgan fingerprint density at radius 2 is 1.86 bits per heavy atom. The van der Waals surface area contributed by atoms with Crippen molar-refractivity contribution in [2.45, 2.75) is 37.1 Å². The van der Waals surface area contributed by atoms with Crippen LogP contribution in [0.4, 0.5) is 0 Å². The Labute approximate surface area is 123 Å². The third-order valence-electron chi connectivity index (χ3n) is 3.40. The van der Waals surface area contributed by atoms with Gasteiger partial charge in [0.15, 0.2) is 5.78 Å². The van der Waals surface area contributed by atoms with Crippen molar-refractivity contribution >= 4 is 21.8 Å². The highest BCUT2D eigenvalue weighted by atomic mass is 32.2. The largest absolute Gasteiger partial charge is 0.480 e. The summed E-state index contributed by atoms with van der Waals surface area (Å²) >= 11 is 0.